The first-order chi connectivity index (χ1) is 18.4. The first-order valence-corrected chi connectivity index (χ1v) is 11.9. The van der Waals surface area contributed by atoms with Gasteiger partial charge in [0.15, 0.2) is 5.78 Å². The number of esters is 1. The van der Waals surface area contributed by atoms with Crippen LogP contribution in [0.3, 0.4) is 0 Å². The van der Waals surface area contributed by atoms with Crippen LogP contribution in [0.1, 0.15) is 31.8 Å². The zero-order valence-corrected chi connectivity index (χ0v) is 20.4. The van der Waals surface area contributed by atoms with Crippen molar-refractivity contribution in [1.29, 1.82) is 0 Å². The number of aryl methyl sites for hydroxylation is 1. The standard InChI is InChI=1S/C32H22O6/c1-21-6-14-28(15-7-21)37-32(35)38-29-18-12-24(13-19-29)30(33)23-10-16-27(17-11-23)36-31(34)26-9-8-22-4-2-3-5-25(22)20-26/h2-20H,1H3. The third-order valence-electron chi connectivity index (χ3n) is 5.85. The van der Waals surface area contributed by atoms with Crippen molar-refractivity contribution in [2.75, 3.05) is 0 Å². The van der Waals surface area contributed by atoms with E-state index in [4.69, 9.17) is 14.2 Å². The Labute approximate surface area is 219 Å². The molecule has 186 valence electrons. The highest BCUT2D eigenvalue weighted by molar-refractivity contribution is 6.09. The third kappa shape index (κ3) is 5.77. The van der Waals surface area contributed by atoms with Crippen LogP contribution in [-0.2, 0) is 0 Å². The first-order valence-electron chi connectivity index (χ1n) is 11.9. The molecule has 5 aromatic carbocycles. The summed E-state index contributed by atoms with van der Waals surface area (Å²) in [7, 11) is 0. The monoisotopic (exact) mass is 502 g/mol. The van der Waals surface area contributed by atoms with Crippen molar-refractivity contribution in [1.82, 2.24) is 0 Å². The van der Waals surface area contributed by atoms with Crippen molar-refractivity contribution < 1.29 is 28.6 Å². The molecular weight excluding hydrogens is 480 g/mol. The van der Waals surface area contributed by atoms with E-state index >= 15 is 0 Å². The molecule has 0 aliphatic rings. The van der Waals surface area contributed by atoms with Crippen molar-refractivity contribution in [2.24, 2.45) is 0 Å². The van der Waals surface area contributed by atoms with E-state index in [-0.39, 0.29) is 11.5 Å². The van der Waals surface area contributed by atoms with Gasteiger partial charge in [-0.15, -0.1) is 0 Å². The van der Waals surface area contributed by atoms with Gasteiger partial charge in [0, 0.05) is 11.1 Å². The van der Waals surface area contributed by atoms with Gasteiger partial charge >= 0.3 is 12.1 Å². The molecule has 0 aliphatic carbocycles. The molecule has 0 saturated heterocycles. The molecule has 0 saturated carbocycles. The highest BCUT2D eigenvalue weighted by atomic mass is 16.7. The summed E-state index contributed by atoms with van der Waals surface area (Å²) in [4.78, 5) is 37.5. The van der Waals surface area contributed by atoms with Gasteiger partial charge in [-0.05, 0) is 90.5 Å². The minimum atomic E-state index is -0.873. The zero-order chi connectivity index (χ0) is 26.5. The molecule has 0 aliphatic heterocycles. The first kappa shape index (κ1) is 24.5. The number of ether oxygens (including phenoxy) is 3. The van der Waals surface area contributed by atoms with E-state index in [2.05, 4.69) is 0 Å². The Kier molecular flexibility index (Phi) is 6.95. The van der Waals surface area contributed by atoms with E-state index in [0.717, 1.165) is 16.3 Å². The maximum Gasteiger partial charge on any atom is 0.519 e. The Morgan fingerprint density at radius 3 is 1.55 bits per heavy atom. The average Bonchev–Trinajstić information content (AvgIpc) is 2.94. The van der Waals surface area contributed by atoms with Crippen LogP contribution in [0.15, 0.2) is 115 Å². The third-order valence-corrected chi connectivity index (χ3v) is 5.85. The molecular formula is C32H22O6. The molecule has 0 atom stereocenters. The van der Waals surface area contributed by atoms with Crippen molar-refractivity contribution in [3.63, 3.8) is 0 Å². The number of carbonyl (C=O) groups excluding carboxylic acids is 3. The van der Waals surface area contributed by atoms with Crippen LogP contribution < -0.4 is 14.2 Å². The maximum absolute atomic E-state index is 12.9. The second kappa shape index (κ2) is 10.8. The molecule has 38 heavy (non-hydrogen) atoms. The molecule has 0 fully saturated rings. The van der Waals surface area contributed by atoms with Crippen LogP contribution in [0, 0.1) is 6.92 Å². The zero-order valence-electron chi connectivity index (χ0n) is 20.4. The van der Waals surface area contributed by atoms with Gasteiger partial charge in [-0.3, -0.25) is 4.79 Å². The number of fused-ring (bicyclic) bond motifs is 1. The van der Waals surface area contributed by atoms with Crippen LogP contribution >= 0.6 is 0 Å². The fourth-order valence-electron chi connectivity index (χ4n) is 3.82. The summed E-state index contributed by atoms with van der Waals surface area (Å²) in [5.41, 5.74) is 2.31. The summed E-state index contributed by atoms with van der Waals surface area (Å²) in [6, 6.07) is 32.6. The lowest BCUT2D eigenvalue weighted by Gasteiger charge is -2.08. The average molecular weight is 503 g/mol. The lowest BCUT2D eigenvalue weighted by atomic mass is 10.0. The molecule has 0 heterocycles. The van der Waals surface area contributed by atoms with Crippen LogP contribution in [0.4, 0.5) is 4.79 Å². The molecule has 5 rings (SSSR count). The Morgan fingerprint density at radius 1 is 0.500 bits per heavy atom. The quantitative estimate of drug-likeness (QED) is 0.106. The minimum Gasteiger partial charge on any atom is -0.423 e. The normalized spacial score (nSPS) is 10.6. The predicted molar refractivity (Wildman–Crippen MR) is 143 cm³/mol. The molecule has 0 aromatic heterocycles. The van der Waals surface area contributed by atoms with Gasteiger partial charge in [0.25, 0.3) is 0 Å². The second-order valence-electron chi connectivity index (χ2n) is 8.60. The SMILES string of the molecule is Cc1ccc(OC(=O)Oc2ccc(C(=O)c3ccc(OC(=O)c4ccc5ccccc5c4)cc3)cc2)cc1. The summed E-state index contributed by atoms with van der Waals surface area (Å²) >= 11 is 0. The number of carbonyl (C=O) groups is 3. The number of ketones is 1. The van der Waals surface area contributed by atoms with E-state index in [1.165, 1.54) is 12.1 Å². The van der Waals surface area contributed by atoms with Crippen LogP contribution in [0.5, 0.6) is 17.2 Å². The van der Waals surface area contributed by atoms with Gasteiger partial charge in [0.1, 0.15) is 17.2 Å². The molecule has 0 unspecified atom stereocenters. The lowest BCUT2D eigenvalue weighted by molar-refractivity contribution is 0.0734. The van der Waals surface area contributed by atoms with E-state index in [9.17, 15) is 14.4 Å². The molecule has 0 radical (unpaired) electrons. The molecule has 6 heteroatoms. The maximum atomic E-state index is 12.9. The topological polar surface area (TPSA) is 78.9 Å². The molecule has 0 N–H and O–H groups in total. The number of hydrogen-bond donors (Lipinski definition) is 0. The van der Waals surface area contributed by atoms with Crippen molar-refractivity contribution >= 4 is 28.7 Å². The summed E-state index contributed by atoms with van der Waals surface area (Å²) < 4.78 is 15.8. The Morgan fingerprint density at radius 2 is 0.974 bits per heavy atom. The Bertz CT molecular complexity index is 1620. The summed E-state index contributed by atoms with van der Waals surface area (Å²) in [5.74, 6) is 0.237. The van der Waals surface area contributed by atoms with E-state index < -0.39 is 12.1 Å². The van der Waals surface area contributed by atoms with E-state index in [1.807, 2.05) is 49.4 Å². The number of hydrogen-bond acceptors (Lipinski definition) is 6. The predicted octanol–water partition coefficient (Wildman–Crippen LogP) is 7.18. The second-order valence-corrected chi connectivity index (χ2v) is 8.60. The van der Waals surface area contributed by atoms with Crippen molar-refractivity contribution in [2.45, 2.75) is 6.92 Å². The smallest absolute Gasteiger partial charge is 0.423 e. The van der Waals surface area contributed by atoms with Crippen molar-refractivity contribution in [3.05, 3.63) is 138 Å². The van der Waals surface area contributed by atoms with Gasteiger partial charge in [0.2, 0.25) is 0 Å². The Hall–Kier alpha value is -5.23. The molecule has 0 bridgehead atoms. The highest BCUT2D eigenvalue weighted by Gasteiger charge is 2.13. The van der Waals surface area contributed by atoms with Crippen molar-refractivity contribution in [3.8, 4) is 17.2 Å². The highest BCUT2D eigenvalue weighted by Crippen LogP contribution is 2.21. The molecule has 0 spiro atoms. The van der Waals surface area contributed by atoms with Crippen LogP contribution in [0.25, 0.3) is 10.8 Å². The lowest BCUT2D eigenvalue weighted by Crippen LogP contribution is -2.13. The van der Waals surface area contributed by atoms with E-state index in [0.29, 0.717) is 28.2 Å². The van der Waals surface area contributed by atoms with Gasteiger partial charge in [-0.25, -0.2) is 9.59 Å². The summed E-state index contributed by atoms with van der Waals surface area (Å²) in [5, 5.41) is 1.98. The molecule has 0 amide bonds. The fourth-order valence-corrected chi connectivity index (χ4v) is 3.82. The van der Waals surface area contributed by atoms with Crippen LogP contribution in [0.2, 0.25) is 0 Å². The van der Waals surface area contributed by atoms with Gasteiger partial charge < -0.3 is 14.2 Å². The largest absolute Gasteiger partial charge is 0.519 e. The van der Waals surface area contributed by atoms with E-state index in [1.54, 1.807) is 60.7 Å². The van der Waals surface area contributed by atoms with Crippen LogP contribution in [-0.4, -0.2) is 17.9 Å². The number of benzene rings is 5. The molecule has 6 nitrogen and oxygen atoms in total. The number of rotatable bonds is 6. The fraction of sp³-hybridized carbons (Fsp3) is 0.0312. The summed E-state index contributed by atoms with van der Waals surface area (Å²) in [6.45, 7) is 1.93. The summed E-state index contributed by atoms with van der Waals surface area (Å²) in [6.07, 6.45) is -0.873. The van der Waals surface area contributed by atoms with Gasteiger partial charge in [-0.2, -0.15) is 0 Å². The molecule has 5 aromatic rings. The minimum absolute atomic E-state index is 0.230. The Balaban J connectivity index is 1.19. The van der Waals surface area contributed by atoms with Gasteiger partial charge in [0.05, 0.1) is 5.56 Å². The van der Waals surface area contributed by atoms with Gasteiger partial charge in [-0.1, -0.05) is 48.0 Å².